The zero-order chi connectivity index (χ0) is 14.4. The molecule has 1 atom stereocenters. The maximum Gasteiger partial charge on any atom is 0.124 e. The number of likely N-dealkylation sites (tertiary alicyclic amines) is 1. The van der Waals surface area contributed by atoms with Gasteiger partial charge in [-0.25, -0.2) is 0 Å². The molecule has 3 nitrogen and oxygen atoms in total. The Morgan fingerprint density at radius 3 is 2.75 bits per heavy atom. The normalized spacial score (nSPS) is 18.7. The minimum Gasteiger partial charge on any atom is -0.489 e. The zero-order valence-electron chi connectivity index (χ0n) is 12.3. The Morgan fingerprint density at radius 1 is 1.40 bits per heavy atom. The van der Waals surface area contributed by atoms with Crippen molar-refractivity contribution in [1.29, 1.82) is 0 Å². The maximum atomic E-state index is 9.65. The monoisotopic (exact) mass is 275 g/mol. The molecule has 1 saturated heterocycles. The second-order valence-corrected chi connectivity index (χ2v) is 5.56. The lowest BCUT2D eigenvalue weighted by molar-refractivity contribution is 0.0692. The molecule has 1 fully saturated rings. The van der Waals surface area contributed by atoms with Gasteiger partial charge in [0.05, 0.1) is 6.10 Å². The van der Waals surface area contributed by atoms with Crippen LogP contribution in [0.25, 0.3) is 0 Å². The first-order chi connectivity index (χ1) is 9.70. The van der Waals surface area contributed by atoms with Crippen molar-refractivity contribution < 1.29 is 9.84 Å². The van der Waals surface area contributed by atoms with Crippen molar-refractivity contribution in [2.45, 2.75) is 32.4 Å². The number of hydrogen-bond donors (Lipinski definition) is 1. The summed E-state index contributed by atoms with van der Waals surface area (Å²) in [5, 5.41) is 9.65. The van der Waals surface area contributed by atoms with E-state index in [1.165, 1.54) is 5.56 Å². The summed E-state index contributed by atoms with van der Waals surface area (Å²) in [6, 6.07) is 8.20. The van der Waals surface area contributed by atoms with Gasteiger partial charge in [0.2, 0.25) is 0 Å². The predicted octanol–water partition coefficient (Wildman–Crippen LogP) is 2.84. The van der Waals surface area contributed by atoms with Gasteiger partial charge in [0.25, 0.3) is 0 Å². The highest BCUT2D eigenvalue weighted by molar-refractivity contribution is 5.33. The van der Waals surface area contributed by atoms with Gasteiger partial charge in [-0.3, -0.25) is 4.90 Å². The van der Waals surface area contributed by atoms with Gasteiger partial charge in [-0.2, -0.15) is 0 Å². The number of aliphatic hydroxyl groups excluding tert-OH is 1. The van der Waals surface area contributed by atoms with Gasteiger partial charge < -0.3 is 9.84 Å². The number of nitrogens with zero attached hydrogens (tertiary/aromatic N) is 1. The van der Waals surface area contributed by atoms with Gasteiger partial charge in [-0.05, 0) is 44.8 Å². The molecule has 0 bridgehead atoms. The van der Waals surface area contributed by atoms with E-state index in [4.69, 9.17) is 4.74 Å². The SMILES string of the molecule is C=CCOc1ccccc1CN1CCC(C(C)O)CC1. The largest absolute Gasteiger partial charge is 0.489 e. The van der Waals surface area contributed by atoms with Crippen molar-refractivity contribution in [3.05, 3.63) is 42.5 Å². The van der Waals surface area contributed by atoms with Gasteiger partial charge in [-0.15, -0.1) is 0 Å². The second-order valence-electron chi connectivity index (χ2n) is 5.56. The molecule has 0 spiro atoms. The quantitative estimate of drug-likeness (QED) is 0.810. The fraction of sp³-hybridized carbons (Fsp3) is 0.529. The molecule has 1 aliphatic heterocycles. The molecular weight excluding hydrogens is 250 g/mol. The van der Waals surface area contributed by atoms with Crippen molar-refractivity contribution in [3.8, 4) is 5.75 Å². The maximum absolute atomic E-state index is 9.65. The van der Waals surface area contributed by atoms with Gasteiger partial charge in [0.15, 0.2) is 0 Å². The molecule has 3 heteroatoms. The third kappa shape index (κ3) is 4.09. The third-order valence-corrected chi connectivity index (χ3v) is 4.04. The van der Waals surface area contributed by atoms with Crippen molar-refractivity contribution in [2.24, 2.45) is 5.92 Å². The van der Waals surface area contributed by atoms with Crippen LogP contribution in [0.4, 0.5) is 0 Å². The van der Waals surface area contributed by atoms with Crippen molar-refractivity contribution in [3.63, 3.8) is 0 Å². The Kier molecular flexibility index (Phi) is 5.62. The van der Waals surface area contributed by atoms with Gasteiger partial charge in [0, 0.05) is 12.1 Å². The number of piperidine rings is 1. The first kappa shape index (κ1) is 15.1. The summed E-state index contributed by atoms with van der Waals surface area (Å²) in [7, 11) is 0. The Labute approximate surface area is 121 Å². The number of benzene rings is 1. The number of aliphatic hydroxyl groups is 1. The first-order valence-electron chi connectivity index (χ1n) is 7.42. The lowest BCUT2D eigenvalue weighted by Crippen LogP contribution is -2.36. The van der Waals surface area contributed by atoms with Crippen molar-refractivity contribution >= 4 is 0 Å². The van der Waals surface area contributed by atoms with E-state index in [0.717, 1.165) is 38.2 Å². The topological polar surface area (TPSA) is 32.7 Å². The molecule has 2 rings (SSSR count). The van der Waals surface area contributed by atoms with E-state index in [9.17, 15) is 5.11 Å². The van der Waals surface area contributed by atoms with Crippen LogP contribution in [0, 0.1) is 5.92 Å². The summed E-state index contributed by atoms with van der Waals surface area (Å²) in [6.07, 6.45) is 3.74. The average Bonchev–Trinajstić information content (AvgIpc) is 2.47. The minimum absolute atomic E-state index is 0.180. The Balaban J connectivity index is 1.92. The molecule has 110 valence electrons. The fourth-order valence-electron chi connectivity index (χ4n) is 2.76. The summed E-state index contributed by atoms with van der Waals surface area (Å²) < 4.78 is 5.70. The molecule has 0 saturated carbocycles. The summed E-state index contributed by atoms with van der Waals surface area (Å²) in [6.45, 7) is 9.14. The first-order valence-corrected chi connectivity index (χ1v) is 7.42. The van der Waals surface area contributed by atoms with Crippen LogP contribution in [0.1, 0.15) is 25.3 Å². The van der Waals surface area contributed by atoms with Crippen LogP contribution < -0.4 is 4.74 Å². The number of rotatable bonds is 6. The Morgan fingerprint density at radius 2 is 2.10 bits per heavy atom. The van der Waals surface area contributed by atoms with E-state index < -0.39 is 0 Å². The fourth-order valence-corrected chi connectivity index (χ4v) is 2.76. The Hall–Kier alpha value is -1.32. The van der Waals surface area contributed by atoms with E-state index >= 15 is 0 Å². The minimum atomic E-state index is -0.180. The zero-order valence-corrected chi connectivity index (χ0v) is 12.3. The van der Waals surface area contributed by atoms with Crippen LogP contribution in [-0.2, 0) is 6.54 Å². The molecule has 0 amide bonds. The summed E-state index contributed by atoms with van der Waals surface area (Å²) in [5.41, 5.74) is 1.23. The molecule has 1 aromatic rings. The Bertz CT molecular complexity index is 423. The van der Waals surface area contributed by atoms with Crippen LogP contribution >= 0.6 is 0 Å². The molecular formula is C17H25NO2. The van der Waals surface area contributed by atoms with E-state index in [1.807, 2.05) is 19.1 Å². The third-order valence-electron chi connectivity index (χ3n) is 4.04. The highest BCUT2D eigenvalue weighted by Gasteiger charge is 2.23. The number of ether oxygens (including phenoxy) is 1. The molecule has 0 aliphatic carbocycles. The van der Waals surface area contributed by atoms with Crippen LogP contribution in [-0.4, -0.2) is 35.8 Å². The van der Waals surface area contributed by atoms with E-state index in [1.54, 1.807) is 6.08 Å². The lowest BCUT2D eigenvalue weighted by atomic mass is 9.92. The molecule has 1 aliphatic rings. The smallest absolute Gasteiger partial charge is 0.124 e. The highest BCUT2D eigenvalue weighted by Crippen LogP contribution is 2.25. The van der Waals surface area contributed by atoms with Crippen LogP contribution in [0.3, 0.4) is 0 Å². The van der Waals surface area contributed by atoms with Crippen LogP contribution in [0.5, 0.6) is 5.75 Å². The molecule has 20 heavy (non-hydrogen) atoms. The van der Waals surface area contributed by atoms with Crippen molar-refractivity contribution in [1.82, 2.24) is 4.90 Å². The standard InChI is InChI=1S/C17H25NO2/c1-3-12-20-17-7-5-4-6-16(17)13-18-10-8-15(9-11-18)14(2)19/h3-7,14-15,19H,1,8-13H2,2H3. The van der Waals surface area contributed by atoms with Gasteiger partial charge >= 0.3 is 0 Å². The van der Waals surface area contributed by atoms with E-state index in [-0.39, 0.29) is 6.10 Å². The lowest BCUT2D eigenvalue weighted by Gasteiger charge is -2.33. The summed E-state index contributed by atoms with van der Waals surface area (Å²) in [5.74, 6) is 1.41. The molecule has 0 aromatic heterocycles. The molecule has 1 heterocycles. The average molecular weight is 275 g/mol. The van der Waals surface area contributed by atoms with Crippen molar-refractivity contribution in [2.75, 3.05) is 19.7 Å². The number of para-hydroxylation sites is 1. The number of hydrogen-bond acceptors (Lipinski definition) is 3. The molecule has 1 aromatic carbocycles. The second kappa shape index (κ2) is 7.46. The van der Waals surface area contributed by atoms with Crippen LogP contribution in [0.15, 0.2) is 36.9 Å². The molecule has 0 radical (unpaired) electrons. The highest BCUT2D eigenvalue weighted by atomic mass is 16.5. The molecule has 1 unspecified atom stereocenters. The predicted molar refractivity (Wildman–Crippen MR) is 81.8 cm³/mol. The molecule has 1 N–H and O–H groups in total. The van der Waals surface area contributed by atoms with E-state index in [0.29, 0.717) is 12.5 Å². The summed E-state index contributed by atoms with van der Waals surface area (Å²) >= 11 is 0. The van der Waals surface area contributed by atoms with Gasteiger partial charge in [-0.1, -0.05) is 30.9 Å². The van der Waals surface area contributed by atoms with E-state index in [2.05, 4.69) is 23.6 Å². The van der Waals surface area contributed by atoms with Gasteiger partial charge in [0.1, 0.15) is 12.4 Å². The summed E-state index contributed by atoms with van der Waals surface area (Å²) in [4.78, 5) is 2.44. The van der Waals surface area contributed by atoms with Crippen LogP contribution in [0.2, 0.25) is 0 Å².